The largest absolute Gasteiger partial charge is 0.493 e. The minimum atomic E-state index is -0.577. The third-order valence-electron chi connectivity index (χ3n) is 3.28. The molecule has 1 aromatic carbocycles. The summed E-state index contributed by atoms with van der Waals surface area (Å²) in [4.78, 5) is 26.6. The van der Waals surface area contributed by atoms with Crippen LogP contribution in [0.1, 0.15) is 5.56 Å². The number of nitrogens with zero attached hydrogens (tertiary/aromatic N) is 2. The van der Waals surface area contributed by atoms with Crippen molar-refractivity contribution in [3.05, 3.63) is 57.1 Å². The van der Waals surface area contributed by atoms with Gasteiger partial charge in [0.25, 0.3) is 11.8 Å². The lowest BCUT2D eigenvalue weighted by Crippen LogP contribution is -2.17. The van der Waals surface area contributed by atoms with Gasteiger partial charge in [-0.1, -0.05) is 30.0 Å². The Balaban J connectivity index is 1.91. The maximum atomic E-state index is 11.7. The highest BCUT2D eigenvalue weighted by molar-refractivity contribution is 8.26. The molecule has 1 amide bonds. The molecule has 8 nitrogen and oxygen atoms in total. The average molecular weight is 389 g/mol. The van der Waals surface area contributed by atoms with Crippen molar-refractivity contribution in [3.63, 3.8) is 0 Å². The Morgan fingerprint density at radius 1 is 1.35 bits per heavy atom. The van der Waals surface area contributed by atoms with E-state index in [0.717, 1.165) is 0 Å². The summed E-state index contributed by atoms with van der Waals surface area (Å²) in [5.41, 5.74) is 0.431. The van der Waals surface area contributed by atoms with Crippen molar-refractivity contribution in [1.29, 1.82) is 0 Å². The number of rotatable bonds is 5. The van der Waals surface area contributed by atoms with Gasteiger partial charge in [-0.25, -0.2) is 4.98 Å². The lowest BCUT2D eigenvalue weighted by atomic mass is 10.2. The molecule has 0 saturated carbocycles. The smallest absolute Gasteiger partial charge is 0.331 e. The summed E-state index contributed by atoms with van der Waals surface area (Å²) in [5, 5.41) is 13.6. The van der Waals surface area contributed by atoms with Gasteiger partial charge in [-0.15, -0.1) is 0 Å². The normalized spacial score (nSPS) is 15.0. The van der Waals surface area contributed by atoms with Gasteiger partial charge in [0.2, 0.25) is 0 Å². The summed E-state index contributed by atoms with van der Waals surface area (Å²) in [6, 6.07) is 7.67. The van der Waals surface area contributed by atoms with E-state index < -0.39 is 4.92 Å². The molecule has 0 aliphatic carbocycles. The van der Waals surface area contributed by atoms with Crippen LogP contribution in [-0.2, 0) is 4.79 Å². The van der Waals surface area contributed by atoms with Crippen LogP contribution in [0.2, 0.25) is 0 Å². The summed E-state index contributed by atoms with van der Waals surface area (Å²) in [7, 11) is 1.44. The number of hydrogen-bond acceptors (Lipinski definition) is 8. The number of nitrogens with one attached hydrogen (secondary N) is 1. The van der Waals surface area contributed by atoms with Crippen LogP contribution in [0, 0.1) is 10.1 Å². The van der Waals surface area contributed by atoms with Gasteiger partial charge in [-0.05, 0) is 29.8 Å². The number of pyridine rings is 1. The topological polar surface area (TPSA) is 104 Å². The van der Waals surface area contributed by atoms with Crippen molar-refractivity contribution >= 4 is 46.0 Å². The van der Waals surface area contributed by atoms with Gasteiger partial charge in [0, 0.05) is 12.3 Å². The predicted molar refractivity (Wildman–Crippen MR) is 100 cm³/mol. The molecule has 0 unspecified atom stereocenters. The quantitative estimate of drug-likeness (QED) is 0.360. The van der Waals surface area contributed by atoms with Crippen LogP contribution in [0.25, 0.3) is 6.08 Å². The number of carbonyl (C=O) groups excluding carboxylic acids is 1. The molecule has 2 heterocycles. The van der Waals surface area contributed by atoms with E-state index in [1.54, 1.807) is 24.3 Å². The zero-order chi connectivity index (χ0) is 18.7. The maximum absolute atomic E-state index is 11.7. The third kappa shape index (κ3) is 3.81. The molecule has 1 saturated heterocycles. The Morgan fingerprint density at radius 3 is 2.81 bits per heavy atom. The Labute approximate surface area is 157 Å². The van der Waals surface area contributed by atoms with E-state index in [1.165, 1.54) is 37.2 Å². The van der Waals surface area contributed by atoms with E-state index in [0.29, 0.717) is 20.5 Å². The molecule has 10 heteroatoms. The number of nitro groups is 1. The molecule has 1 aromatic heterocycles. The molecular weight excluding hydrogens is 378 g/mol. The van der Waals surface area contributed by atoms with Gasteiger partial charge >= 0.3 is 5.69 Å². The number of thioether (sulfide) groups is 1. The molecule has 26 heavy (non-hydrogen) atoms. The summed E-state index contributed by atoms with van der Waals surface area (Å²) in [5.74, 6) is 0.196. The first-order valence-electron chi connectivity index (χ1n) is 7.18. The number of thiocarbonyl (C=S) groups is 1. The van der Waals surface area contributed by atoms with Crippen LogP contribution in [0.15, 0.2) is 41.4 Å². The summed E-state index contributed by atoms with van der Waals surface area (Å²) in [6.07, 6.45) is 3.06. The second-order valence-electron chi connectivity index (χ2n) is 4.95. The fraction of sp³-hybridized carbons (Fsp3) is 0.0625. The number of benzene rings is 1. The van der Waals surface area contributed by atoms with Crippen LogP contribution >= 0.6 is 24.0 Å². The molecule has 1 aliphatic heterocycles. The highest BCUT2D eigenvalue weighted by atomic mass is 32.2. The van der Waals surface area contributed by atoms with Gasteiger partial charge in [0.15, 0.2) is 11.5 Å². The number of carbonyl (C=O) groups is 1. The second-order valence-corrected chi connectivity index (χ2v) is 6.67. The van der Waals surface area contributed by atoms with Crippen molar-refractivity contribution in [3.8, 4) is 17.4 Å². The van der Waals surface area contributed by atoms with Crippen LogP contribution in [-0.4, -0.2) is 27.2 Å². The van der Waals surface area contributed by atoms with E-state index in [-0.39, 0.29) is 23.2 Å². The first kappa shape index (κ1) is 17.8. The second kappa shape index (κ2) is 7.50. The van der Waals surface area contributed by atoms with Crippen molar-refractivity contribution in [2.75, 3.05) is 7.11 Å². The molecule has 2 aromatic rings. The van der Waals surface area contributed by atoms with E-state index >= 15 is 0 Å². The van der Waals surface area contributed by atoms with Crippen molar-refractivity contribution in [2.45, 2.75) is 0 Å². The molecule has 3 rings (SSSR count). The summed E-state index contributed by atoms with van der Waals surface area (Å²) in [6.45, 7) is 0. The molecular formula is C16H11N3O5S2. The van der Waals surface area contributed by atoms with Gasteiger partial charge in [0.05, 0.1) is 16.9 Å². The van der Waals surface area contributed by atoms with Gasteiger partial charge in [-0.2, -0.15) is 0 Å². The standard InChI is InChI=1S/C16H11N3O5S2/c1-23-12-7-9(8-13-14(20)18-16(25)26-13)4-5-11(12)24-15-10(19(21)22)3-2-6-17-15/h2-8H,1H3,(H,18,20,25)/b13-8+. The fourth-order valence-corrected chi connectivity index (χ4v) is 3.18. The number of aromatic nitrogens is 1. The SMILES string of the molecule is COc1cc(/C=C2/SC(=S)NC2=O)ccc1Oc1ncccc1[N+](=O)[O-]. The zero-order valence-electron chi connectivity index (χ0n) is 13.3. The number of amides is 1. The lowest BCUT2D eigenvalue weighted by Gasteiger charge is -2.10. The van der Waals surface area contributed by atoms with Crippen molar-refractivity contribution in [2.24, 2.45) is 0 Å². The van der Waals surface area contributed by atoms with Gasteiger partial charge in [-0.3, -0.25) is 14.9 Å². The number of methoxy groups -OCH3 is 1. The predicted octanol–water partition coefficient (Wildman–Crippen LogP) is 3.28. The fourth-order valence-electron chi connectivity index (χ4n) is 2.13. The number of ether oxygens (including phenoxy) is 2. The molecule has 1 fully saturated rings. The van der Waals surface area contributed by atoms with Crippen LogP contribution in [0.4, 0.5) is 5.69 Å². The molecule has 0 bridgehead atoms. The summed E-state index contributed by atoms with van der Waals surface area (Å²) < 4.78 is 11.2. The number of hydrogen-bond donors (Lipinski definition) is 1. The Morgan fingerprint density at radius 2 is 2.15 bits per heavy atom. The van der Waals surface area contributed by atoms with E-state index in [9.17, 15) is 14.9 Å². The maximum Gasteiger partial charge on any atom is 0.331 e. The van der Waals surface area contributed by atoms with Crippen molar-refractivity contribution < 1.29 is 19.2 Å². The molecule has 0 radical (unpaired) electrons. The van der Waals surface area contributed by atoms with Crippen LogP contribution in [0.5, 0.6) is 17.4 Å². The summed E-state index contributed by atoms with van der Waals surface area (Å²) >= 11 is 6.12. The molecule has 1 N–H and O–H groups in total. The average Bonchev–Trinajstić information content (AvgIpc) is 2.93. The van der Waals surface area contributed by atoms with E-state index in [2.05, 4.69) is 10.3 Å². The molecule has 132 valence electrons. The monoisotopic (exact) mass is 389 g/mol. The lowest BCUT2D eigenvalue weighted by molar-refractivity contribution is -0.386. The zero-order valence-corrected chi connectivity index (χ0v) is 14.9. The van der Waals surface area contributed by atoms with Crippen molar-refractivity contribution in [1.82, 2.24) is 10.3 Å². The Bertz CT molecular complexity index is 945. The minimum Gasteiger partial charge on any atom is -0.493 e. The highest BCUT2D eigenvalue weighted by Gasteiger charge is 2.22. The molecule has 0 spiro atoms. The Kier molecular flexibility index (Phi) is 5.14. The minimum absolute atomic E-state index is 0.141. The first-order chi connectivity index (χ1) is 12.5. The van der Waals surface area contributed by atoms with Gasteiger partial charge in [0.1, 0.15) is 4.32 Å². The van der Waals surface area contributed by atoms with Gasteiger partial charge < -0.3 is 14.8 Å². The Hall–Kier alpha value is -2.98. The van der Waals surface area contributed by atoms with E-state index in [4.69, 9.17) is 21.7 Å². The third-order valence-corrected chi connectivity index (χ3v) is 4.44. The van der Waals surface area contributed by atoms with Crippen LogP contribution in [0.3, 0.4) is 0 Å². The first-order valence-corrected chi connectivity index (χ1v) is 8.40. The van der Waals surface area contributed by atoms with Crippen LogP contribution < -0.4 is 14.8 Å². The molecule has 1 aliphatic rings. The van der Waals surface area contributed by atoms with E-state index in [1.807, 2.05) is 0 Å². The highest BCUT2D eigenvalue weighted by Crippen LogP contribution is 2.36. The molecule has 0 atom stereocenters.